The SMILES string of the molecule is O=C(CNCCc1c[nH]c2ccccc12)NC1CCCCCCC1. The van der Waals surface area contributed by atoms with Crippen molar-refractivity contribution < 1.29 is 4.79 Å². The molecule has 0 spiro atoms. The van der Waals surface area contributed by atoms with Crippen molar-refractivity contribution in [1.82, 2.24) is 15.6 Å². The Bertz CT molecular complexity index is 641. The molecule has 130 valence electrons. The highest BCUT2D eigenvalue weighted by molar-refractivity contribution is 5.83. The first-order valence-electron chi connectivity index (χ1n) is 9.38. The Labute approximate surface area is 144 Å². The lowest BCUT2D eigenvalue weighted by Crippen LogP contribution is -2.41. The Morgan fingerprint density at radius 3 is 2.67 bits per heavy atom. The number of amides is 1. The Morgan fingerprint density at radius 1 is 1.08 bits per heavy atom. The normalized spacial score (nSPS) is 16.7. The number of carbonyl (C=O) groups excluding carboxylic acids is 1. The molecule has 0 saturated heterocycles. The van der Waals surface area contributed by atoms with E-state index in [4.69, 9.17) is 0 Å². The zero-order chi connectivity index (χ0) is 16.6. The molecule has 1 saturated carbocycles. The van der Waals surface area contributed by atoms with Crippen molar-refractivity contribution in [3.8, 4) is 0 Å². The van der Waals surface area contributed by atoms with Crippen LogP contribution in [0.4, 0.5) is 0 Å². The van der Waals surface area contributed by atoms with Crippen LogP contribution in [0.15, 0.2) is 30.5 Å². The van der Waals surface area contributed by atoms with Crippen LogP contribution in [-0.2, 0) is 11.2 Å². The number of hydrogen-bond donors (Lipinski definition) is 3. The summed E-state index contributed by atoms with van der Waals surface area (Å²) in [5.74, 6) is 0.138. The van der Waals surface area contributed by atoms with Crippen molar-refractivity contribution in [1.29, 1.82) is 0 Å². The molecule has 1 fully saturated rings. The lowest BCUT2D eigenvalue weighted by molar-refractivity contribution is -0.121. The molecule has 1 aromatic carbocycles. The molecule has 0 radical (unpaired) electrons. The van der Waals surface area contributed by atoms with Crippen LogP contribution >= 0.6 is 0 Å². The van der Waals surface area contributed by atoms with E-state index in [1.807, 2.05) is 6.07 Å². The fourth-order valence-corrected chi connectivity index (χ4v) is 3.64. The number of nitrogens with one attached hydrogen (secondary N) is 3. The number of hydrogen-bond acceptors (Lipinski definition) is 2. The Kier molecular flexibility index (Phi) is 6.30. The monoisotopic (exact) mass is 327 g/mol. The van der Waals surface area contributed by atoms with Gasteiger partial charge in [-0.3, -0.25) is 4.79 Å². The summed E-state index contributed by atoms with van der Waals surface area (Å²) in [6.45, 7) is 1.23. The van der Waals surface area contributed by atoms with Crippen molar-refractivity contribution in [2.24, 2.45) is 0 Å². The standard InChI is InChI=1S/C20H29N3O/c24-20(23-17-8-4-2-1-3-5-9-17)15-21-13-12-16-14-22-19-11-7-6-10-18(16)19/h6-7,10-11,14,17,21-22H,1-5,8-9,12-13,15H2,(H,23,24). The molecule has 1 aliphatic carbocycles. The third kappa shape index (κ3) is 4.84. The summed E-state index contributed by atoms with van der Waals surface area (Å²) < 4.78 is 0. The lowest BCUT2D eigenvalue weighted by Gasteiger charge is -2.21. The Morgan fingerprint density at radius 2 is 1.83 bits per heavy atom. The van der Waals surface area contributed by atoms with Gasteiger partial charge in [0.05, 0.1) is 6.54 Å². The second kappa shape index (κ2) is 8.88. The van der Waals surface area contributed by atoms with E-state index in [9.17, 15) is 4.79 Å². The van der Waals surface area contributed by atoms with E-state index < -0.39 is 0 Å². The highest BCUT2D eigenvalue weighted by atomic mass is 16.1. The fraction of sp³-hybridized carbons (Fsp3) is 0.550. The van der Waals surface area contributed by atoms with Crippen molar-refractivity contribution in [2.45, 2.75) is 57.4 Å². The predicted molar refractivity (Wildman–Crippen MR) is 99.1 cm³/mol. The van der Waals surface area contributed by atoms with Crippen LogP contribution in [0.25, 0.3) is 10.9 Å². The van der Waals surface area contributed by atoms with Crippen molar-refractivity contribution in [2.75, 3.05) is 13.1 Å². The van der Waals surface area contributed by atoms with Gasteiger partial charge in [0.2, 0.25) is 5.91 Å². The van der Waals surface area contributed by atoms with Gasteiger partial charge >= 0.3 is 0 Å². The van der Waals surface area contributed by atoms with Crippen molar-refractivity contribution >= 4 is 16.8 Å². The van der Waals surface area contributed by atoms with Gasteiger partial charge in [-0.2, -0.15) is 0 Å². The summed E-state index contributed by atoms with van der Waals surface area (Å²) in [6, 6.07) is 8.72. The van der Waals surface area contributed by atoms with Gasteiger partial charge in [0.25, 0.3) is 0 Å². The summed E-state index contributed by atoms with van der Waals surface area (Å²) in [7, 11) is 0. The van der Waals surface area contributed by atoms with Gasteiger partial charge in [-0.05, 0) is 37.4 Å². The van der Waals surface area contributed by atoms with Crippen LogP contribution in [0.1, 0.15) is 50.5 Å². The first-order chi connectivity index (χ1) is 11.8. The quantitative estimate of drug-likeness (QED) is 0.711. The number of benzene rings is 1. The molecule has 0 atom stereocenters. The van der Waals surface area contributed by atoms with Gasteiger partial charge in [-0.25, -0.2) is 0 Å². The van der Waals surface area contributed by atoms with Gasteiger partial charge in [0, 0.05) is 23.1 Å². The van der Waals surface area contributed by atoms with E-state index in [0.29, 0.717) is 12.6 Å². The highest BCUT2D eigenvalue weighted by Gasteiger charge is 2.13. The summed E-state index contributed by atoms with van der Waals surface area (Å²) in [5, 5.41) is 7.76. The van der Waals surface area contributed by atoms with E-state index in [-0.39, 0.29) is 5.91 Å². The molecule has 0 aliphatic heterocycles. The molecule has 4 heteroatoms. The van der Waals surface area contributed by atoms with Crippen LogP contribution in [0.2, 0.25) is 0 Å². The van der Waals surface area contributed by atoms with Crippen molar-refractivity contribution in [3.05, 3.63) is 36.0 Å². The molecule has 1 aromatic heterocycles. The van der Waals surface area contributed by atoms with Gasteiger partial charge < -0.3 is 15.6 Å². The predicted octanol–water partition coefficient (Wildman–Crippen LogP) is 3.53. The van der Waals surface area contributed by atoms with Crippen LogP contribution < -0.4 is 10.6 Å². The Hall–Kier alpha value is -1.81. The Balaban J connectivity index is 1.37. The number of aromatic nitrogens is 1. The molecule has 3 N–H and O–H groups in total. The van der Waals surface area contributed by atoms with Gasteiger partial charge in [-0.1, -0.05) is 50.3 Å². The van der Waals surface area contributed by atoms with Gasteiger partial charge in [0.1, 0.15) is 0 Å². The number of fused-ring (bicyclic) bond motifs is 1. The molecule has 0 unspecified atom stereocenters. The maximum atomic E-state index is 12.1. The number of carbonyl (C=O) groups is 1. The molecule has 24 heavy (non-hydrogen) atoms. The minimum absolute atomic E-state index is 0.138. The molecule has 1 amide bonds. The minimum Gasteiger partial charge on any atom is -0.361 e. The largest absolute Gasteiger partial charge is 0.361 e. The van der Waals surface area contributed by atoms with Crippen molar-refractivity contribution in [3.63, 3.8) is 0 Å². The second-order valence-electron chi connectivity index (χ2n) is 6.90. The fourth-order valence-electron chi connectivity index (χ4n) is 3.64. The molecule has 0 bridgehead atoms. The van der Waals surface area contributed by atoms with E-state index in [2.05, 4.69) is 40.0 Å². The van der Waals surface area contributed by atoms with Gasteiger partial charge in [0.15, 0.2) is 0 Å². The number of aromatic amines is 1. The first-order valence-corrected chi connectivity index (χ1v) is 9.38. The summed E-state index contributed by atoms with van der Waals surface area (Å²) in [5.41, 5.74) is 2.48. The number of para-hydroxylation sites is 1. The van der Waals surface area contributed by atoms with Gasteiger partial charge in [-0.15, -0.1) is 0 Å². The summed E-state index contributed by atoms with van der Waals surface area (Å²) in [4.78, 5) is 15.4. The van der Waals surface area contributed by atoms with Crippen LogP contribution in [0.5, 0.6) is 0 Å². The molecule has 4 nitrogen and oxygen atoms in total. The van der Waals surface area contributed by atoms with E-state index in [1.165, 1.54) is 48.6 Å². The molecule has 2 aromatic rings. The molecular formula is C20H29N3O. The number of H-pyrrole nitrogens is 1. The van der Waals surface area contributed by atoms with Crippen LogP contribution in [0.3, 0.4) is 0 Å². The van der Waals surface area contributed by atoms with Crippen LogP contribution in [-0.4, -0.2) is 30.0 Å². The van der Waals surface area contributed by atoms with Crippen LogP contribution in [0, 0.1) is 0 Å². The van der Waals surface area contributed by atoms with E-state index in [1.54, 1.807) is 0 Å². The smallest absolute Gasteiger partial charge is 0.234 e. The zero-order valence-corrected chi connectivity index (χ0v) is 14.4. The van der Waals surface area contributed by atoms with E-state index >= 15 is 0 Å². The lowest BCUT2D eigenvalue weighted by atomic mass is 9.97. The van der Waals surface area contributed by atoms with E-state index in [0.717, 1.165) is 25.8 Å². The molecular weight excluding hydrogens is 298 g/mol. The maximum Gasteiger partial charge on any atom is 0.234 e. The summed E-state index contributed by atoms with van der Waals surface area (Å²) in [6.07, 6.45) is 11.8. The first kappa shape index (κ1) is 17.0. The topological polar surface area (TPSA) is 56.9 Å². The second-order valence-corrected chi connectivity index (χ2v) is 6.90. The third-order valence-electron chi connectivity index (χ3n) is 5.00. The number of rotatable bonds is 6. The minimum atomic E-state index is 0.138. The average Bonchev–Trinajstić information content (AvgIpc) is 2.97. The maximum absolute atomic E-state index is 12.1. The average molecular weight is 327 g/mol. The third-order valence-corrected chi connectivity index (χ3v) is 5.00. The molecule has 1 aliphatic rings. The molecule has 1 heterocycles. The molecule has 3 rings (SSSR count). The highest BCUT2D eigenvalue weighted by Crippen LogP contribution is 2.18. The summed E-state index contributed by atoms with van der Waals surface area (Å²) >= 11 is 0. The zero-order valence-electron chi connectivity index (χ0n) is 14.4.